The molecule has 3 rings (SSSR count). The quantitative estimate of drug-likeness (QED) is 0.561. The van der Waals surface area contributed by atoms with E-state index in [-0.39, 0.29) is 5.91 Å². The first-order valence-electron chi connectivity index (χ1n) is 7.41. The van der Waals surface area contributed by atoms with Gasteiger partial charge in [-0.2, -0.15) is 5.10 Å². The summed E-state index contributed by atoms with van der Waals surface area (Å²) >= 11 is 0. The number of amides is 1. The maximum Gasteiger partial charge on any atom is 0.275 e. The van der Waals surface area contributed by atoms with E-state index in [1.165, 1.54) is 0 Å². The number of ether oxygens (including phenoxy) is 1. The van der Waals surface area contributed by atoms with Crippen LogP contribution in [0.25, 0.3) is 10.9 Å². The van der Waals surface area contributed by atoms with Crippen molar-refractivity contribution in [1.29, 1.82) is 0 Å². The standard InChI is InChI=1S/C18H17N3O2/c1-2-23-17-10-6-4-8-15(17)18(22)21-20-12-13-11-19-16-9-5-3-7-14(13)16/h3-12,19H,2H2,1H3,(H,21,22)/b20-12-. The zero-order chi connectivity index (χ0) is 16.1. The number of H-pyrrole nitrogens is 1. The van der Waals surface area contributed by atoms with Crippen molar-refractivity contribution in [1.82, 2.24) is 10.4 Å². The average Bonchev–Trinajstić information content (AvgIpc) is 2.99. The molecule has 1 aromatic heterocycles. The van der Waals surface area contributed by atoms with Gasteiger partial charge in [0.05, 0.1) is 18.4 Å². The first-order chi connectivity index (χ1) is 11.3. The van der Waals surface area contributed by atoms with Gasteiger partial charge in [0.25, 0.3) is 5.91 Å². The van der Waals surface area contributed by atoms with Gasteiger partial charge in [-0.05, 0) is 25.1 Å². The third-order valence-corrected chi connectivity index (χ3v) is 3.42. The Hall–Kier alpha value is -3.08. The van der Waals surface area contributed by atoms with Gasteiger partial charge in [-0.3, -0.25) is 4.79 Å². The Balaban J connectivity index is 1.74. The van der Waals surface area contributed by atoms with Gasteiger partial charge in [0.1, 0.15) is 5.75 Å². The van der Waals surface area contributed by atoms with E-state index < -0.39 is 0 Å². The van der Waals surface area contributed by atoms with Crippen molar-refractivity contribution in [3.8, 4) is 5.75 Å². The van der Waals surface area contributed by atoms with Gasteiger partial charge in [-0.15, -0.1) is 0 Å². The first-order valence-corrected chi connectivity index (χ1v) is 7.41. The zero-order valence-electron chi connectivity index (χ0n) is 12.7. The predicted octanol–water partition coefficient (Wildman–Crippen LogP) is 3.33. The third kappa shape index (κ3) is 3.23. The third-order valence-electron chi connectivity index (χ3n) is 3.42. The normalized spacial score (nSPS) is 11.0. The fourth-order valence-corrected chi connectivity index (χ4v) is 2.36. The summed E-state index contributed by atoms with van der Waals surface area (Å²) in [6.45, 7) is 2.38. The number of nitrogens with zero attached hydrogens (tertiary/aromatic N) is 1. The Labute approximate surface area is 134 Å². The fourth-order valence-electron chi connectivity index (χ4n) is 2.36. The summed E-state index contributed by atoms with van der Waals surface area (Å²) in [4.78, 5) is 15.4. The van der Waals surface area contributed by atoms with Crippen LogP contribution in [0.2, 0.25) is 0 Å². The molecular weight excluding hydrogens is 290 g/mol. The Bertz CT molecular complexity index is 852. The maximum atomic E-state index is 12.2. The second-order valence-corrected chi connectivity index (χ2v) is 4.92. The van der Waals surface area contributed by atoms with Crippen molar-refractivity contribution >= 4 is 23.0 Å². The van der Waals surface area contributed by atoms with E-state index in [9.17, 15) is 4.79 Å². The van der Waals surface area contributed by atoms with Crippen LogP contribution < -0.4 is 10.2 Å². The molecule has 0 saturated carbocycles. The van der Waals surface area contributed by atoms with Gasteiger partial charge in [0, 0.05) is 22.7 Å². The molecule has 0 bridgehead atoms. The number of rotatable bonds is 5. The lowest BCUT2D eigenvalue weighted by Crippen LogP contribution is -2.18. The number of carbonyl (C=O) groups is 1. The van der Waals surface area contributed by atoms with E-state index in [0.29, 0.717) is 17.9 Å². The van der Waals surface area contributed by atoms with Crippen LogP contribution in [0, 0.1) is 0 Å². The number of hydrazone groups is 1. The highest BCUT2D eigenvalue weighted by atomic mass is 16.5. The molecule has 2 aromatic carbocycles. The molecule has 1 heterocycles. The molecule has 5 nitrogen and oxygen atoms in total. The number of carbonyl (C=O) groups excluding carboxylic acids is 1. The Morgan fingerprint density at radius 3 is 2.87 bits per heavy atom. The van der Waals surface area contributed by atoms with Crippen molar-refractivity contribution in [2.75, 3.05) is 6.61 Å². The molecule has 0 radical (unpaired) electrons. The highest BCUT2D eigenvalue weighted by Crippen LogP contribution is 2.18. The van der Waals surface area contributed by atoms with E-state index in [4.69, 9.17) is 4.74 Å². The van der Waals surface area contributed by atoms with Crippen LogP contribution in [0.4, 0.5) is 0 Å². The monoisotopic (exact) mass is 307 g/mol. The summed E-state index contributed by atoms with van der Waals surface area (Å²) in [6, 6.07) is 15.0. The molecule has 0 saturated heterocycles. The predicted molar refractivity (Wildman–Crippen MR) is 91.0 cm³/mol. The molecule has 0 atom stereocenters. The van der Waals surface area contributed by atoms with Crippen molar-refractivity contribution in [2.24, 2.45) is 5.10 Å². The molecule has 2 N–H and O–H groups in total. The lowest BCUT2D eigenvalue weighted by molar-refractivity contribution is 0.0951. The Morgan fingerprint density at radius 2 is 2.00 bits per heavy atom. The first kappa shape index (κ1) is 14.8. The van der Waals surface area contributed by atoms with Crippen molar-refractivity contribution < 1.29 is 9.53 Å². The molecule has 0 aliphatic rings. The number of hydrogen-bond donors (Lipinski definition) is 2. The number of hydrogen-bond acceptors (Lipinski definition) is 3. The second kappa shape index (κ2) is 6.79. The Morgan fingerprint density at radius 1 is 1.22 bits per heavy atom. The SMILES string of the molecule is CCOc1ccccc1C(=O)N/N=C\c1c[nH]c2ccccc12. The number of fused-ring (bicyclic) bond motifs is 1. The smallest absolute Gasteiger partial charge is 0.275 e. The summed E-state index contributed by atoms with van der Waals surface area (Å²) in [5.41, 5.74) is 4.95. The minimum absolute atomic E-state index is 0.301. The van der Waals surface area contributed by atoms with Crippen LogP contribution in [0.3, 0.4) is 0 Å². The number of aromatic nitrogens is 1. The number of nitrogens with one attached hydrogen (secondary N) is 2. The molecule has 1 amide bonds. The summed E-state index contributed by atoms with van der Waals surface area (Å²) in [5, 5.41) is 5.10. The lowest BCUT2D eigenvalue weighted by atomic mass is 10.2. The van der Waals surface area contributed by atoms with Gasteiger partial charge in [-0.25, -0.2) is 5.43 Å². The highest BCUT2D eigenvalue weighted by molar-refractivity contribution is 6.00. The minimum atomic E-state index is -0.301. The van der Waals surface area contributed by atoms with E-state index in [1.54, 1.807) is 24.4 Å². The van der Waals surface area contributed by atoms with Crippen LogP contribution in [0.5, 0.6) is 5.75 Å². The van der Waals surface area contributed by atoms with Gasteiger partial charge >= 0.3 is 0 Å². The summed E-state index contributed by atoms with van der Waals surface area (Å²) in [7, 11) is 0. The molecule has 0 unspecified atom stereocenters. The minimum Gasteiger partial charge on any atom is -0.493 e. The van der Waals surface area contributed by atoms with Gasteiger partial charge in [0.2, 0.25) is 0 Å². The van der Waals surface area contributed by atoms with Crippen LogP contribution in [-0.2, 0) is 0 Å². The van der Waals surface area contributed by atoms with E-state index in [0.717, 1.165) is 16.5 Å². The molecule has 5 heteroatoms. The summed E-state index contributed by atoms with van der Waals surface area (Å²) in [6.07, 6.45) is 3.48. The van der Waals surface area contributed by atoms with Crippen LogP contribution >= 0.6 is 0 Å². The highest BCUT2D eigenvalue weighted by Gasteiger charge is 2.10. The average molecular weight is 307 g/mol. The van der Waals surface area contributed by atoms with Gasteiger partial charge in [-0.1, -0.05) is 30.3 Å². The molecule has 23 heavy (non-hydrogen) atoms. The molecule has 3 aromatic rings. The van der Waals surface area contributed by atoms with Gasteiger partial charge in [0.15, 0.2) is 0 Å². The van der Waals surface area contributed by atoms with E-state index in [1.807, 2.05) is 43.5 Å². The van der Waals surface area contributed by atoms with Crippen molar-refractivity contribution in [3.05, 3.63) is 65.9 Å². The molecule has 0 spiro atoms. The van der Waals surface area contributed by atoms with E-state index in [2.05, 4.69) is 15.5 Å². The number of benzene rings is 2. The molecular formula is C18H17N3O2. The van der Waals surface area contributed by atoms with Crippen molar-refractivity contribution in [2.45, 2.75) is 6.92 Å². The van der Waals surface area contributed by atoms with Crippen LogP contribution in [0.1, 0.15) is 22.8 Å². The zero-order valence-corrected chi connectivity index (χ0v) is 12.7. The molecule has 0 fully saturated rings. The molecule has 116 valence electrons. The van der Waals surface area contributed by atoms with Crippen LogP contribution in [-0.4, -0.2) is 23.7 Å². The number of para-hydroxylation sites is 2. The second-order valence-electron chi connectivity index (χ2n) is 4.92. The molecule has 0 aliphatic heterocycles. The summed E-state index contributed by atoms with van der Waals surface area (Å²) < 4.78 is 5.45. The largest absolute Gasteiger partial charge is 0.493 e. The van der Waals surface area contributed by atoms with E-state index >= 15 is 0 Å². The Kier molecular flexibility index (Phi) is 4.38. The maximum absolute atomic E-state index is 12.2. The fraction of sp³-hybridized carbons (Fsp3) is 0.111. The van der Waals surface area contributed by atoms with Gasteiger partial charge < -0.3 is 9.72 Å². The number of aromatic amines is 1. The molecule has 0 aliphatic carbocycles. The van der Waals surface area contributed by atoms with Crippen molar-refractivity contribution in [3.63, 3.8) is 0 Å². The lowest BCUT2D eigenvalue weighted by Gasteiger charge is -2.07. The van der Waals surface area contributed by atoms with Crippen LogP contribution in [0.15, 0.2) is 59.8 Å². The topological polar surface area (TPSA) is 66.5 Å². The summed E-state index contributed by atoms with van der Waals surface area (Å²) in [5.74, 6) is 0.250.